The summed E-state index contributed by atoms with van der Waals surface area (Å²) in [6, 6.07) is -0.470. The highest BCUT2D eigenvalue weighted by Gasteiger charge is 2.34. The lowest BCUT2D eigenvalue weighted by molar-refractivity contribution is 0.139. The molecule has 4 amide bonds. The Morgan fingerprint density at radius 1 is 1.14 bits per heavy atom. The fourth-order valence-corrected chi connectivity index (χ4v) is 3.40. The number of urea groups is 2. The summed E-state index contributed by atoms with van der Waals surface area (Å²) in [6.07, 6.45) is 6.90. The van der Waals surface area contributed by atoms with E-state index in [2.05, 4.69) is 22.9 Å². The van der Waals surface area contributed by atoms with Gasteiger partial charge in [-0.2, -0.15) is 0 Å². The number of hydrogen-bond donors (Lipinski definition) is 3. The molecular formula is C15H28N4O2. The largest absolute Gasteiger partial charge is 0.328 e. The average Bonchev–Trinajstić information content (AvgIpc) is 2.44. The normalized spacial score (nSPS) is 23.1. The van der Waals surface area contributed by atoms with Gasteiger partial charge in [-0.3, -0.25) is 5.32 Å². The number of carbonyl (C=O) groups excluding carboxylic acids is 2. The van der Waals surface area contributed by atoms with Crippen LogP contribution in [0.15, 0.2) is 0 Å². The highest BCUT2D eigenvalue weighted by atomic mass is 16.2. The van der Waals surface area contributed by atoms with Crippen molar-refractivity contribution >= 4 is 12.1 Å². The van der Waals surface area contributed by atoms with Gasteiger partial charge in [-0.25, -0.2) is 14.5 Å². The van der Waals surface area contributed by atoms with Crippen LogP contribution in [0.5, 0.6) is 0 Å². The minimum absolute atomic E-state index is 0.147. The molecule has 3 N–H and O–H groups in total. The van der Waals surface area contributed by atoms with Gasteiger partial charge in [-0.1, -0.05) is 26.2 Å². The zero-order valence-corrected chi connectivity index (χ0v) is 13.3. The predicted octanol–water partition coefficient (Wildman–Crippen LogP) is 2.36. The molecule has 1 aliphatic heterocycles. The summed E-state index contributed by atoms with van der Waals surface area (Å²) in [5, 5.41) is 9.06. The van der Waals surface area contributed by atoms with Gasteiger partial charge < -0.3 is 10.6 Å². The fourth-order valence-electron chi connectivity index (χ4n) is 3.40. The van der Waals surface area contributed by atoms with Crippen LogP contribution in [-0.4, -0.2) is 35.3 Å². The molecule has 1 aliphatic carbocycles. The van der Waals surface area contributed by atoms with E-state index in [-0.39, 0.29) is 18.1 Å². The molecule has 6 heteroatoms. The lowest BCUT2D eigenvalue weighted by Crippen LogP contribution is -2.70. The Balaban J connectivity index is 1.93. The molecule has 0 aromatic heterocycles. The van der Waals surface area contributed by atoms with Crippen LogP contribution in [0.1, 0.15) is 59.3 Å². The summed E-state index contributed by atoms with van der Waals surface area (Å²) in [5.41, 5.74) is 0. The van der Waals surface area contributed by atoms with Crippen molar-refractivity contribution in [2.24, 2.45) is 5.92 Å². The van der Waals surface area contributed by atoms with E-state index < -0.39 is 6.29 Å². The number of amides is 4. The molecule has 1 atom stereocenters. The van der Waals surface area contributed by atoms with Crippen LogP contribution in [0.4, 0.5) is 9.59 Å². The first kappa shape index (κ1) is 16.1. The zero-order valence-electron chi connectivity index (χ0n) is 13.3. The molecule has 6 nitrogen and oxygen atoms in total. The van der Waals surface area contributed by atoms with Crippen LogP contribution in [0, 0.1) is 5.92 Å². The van der Waals surface area contributed by atoms with Crippen molar-refractivity contribution in [3.63, 3.8) is 0 Å². The topological polar surface area (TPSA) is 73.5 Å². The van der Waals surface area contributed by atoms with Gasteiger partial charge in [0.15, 0.2) is 6.29 Å². The first-order chi connectivity index (χ1) is 10.0. The van der Waals surface area contributed by atoms with Crippen LogP contribution in [0.2, 0.25) is 0 Å². The first-order valence-corrected chi connectivity index (χ1v) is 8.19. The number of hydrogen-bond acceptors (Lipinski definition) is 3. The van der Waals surface area contributed by atoms with Crippen molar-refractivity contribution < 1.29 is 9.59 Å². The van der Waals surface area contributed by atoms with Crippen LogP contribution >= 0.6 is 0 Å². The number of nitrogens with one attached hydrogen (secondary N) is 3. The third-order valence-electron chi connectivity index (χ3n) is 4.53. The summed E-state index contributed by atoms with van der Waals surface area (Å²) < 4.78 is 0. The Labute approximate surface area is 127 Å². The SMILES string of the molecule is CC[C@H](NC1NC(=O)N(C(C)C)C(=O)N1)C1CCCCC1. The van der Waals surface area contributed by atoms with Gasteiger partial charge >= 0.3 is 12.1 Å². The van der Waals surface area contributed by atoms with Gasteiger partial charge in [0.05, 0.1) is 0 Å². The maximum atomic E-state index is 12.0. The molecule has 0 unspecified atom stereocenters. The molecule has 0 aromatic rings. The molecular weight excluding hydrogens is 268 g/mol. The Kier molecular flexibility index (Phi) is 5.45. The molecule has 0 aromatic carbocycles. The summed E-state index contributed by atoms with van der Waals surface area (Å²) in [7, 11) is 0. The minimum atomic E-state index is -0.466. The fraction of sp³-hybridized carbons (Fsp3) is 0.867. The van der Waals surface area contributed by atoms with Gasteiger partial charge in [-0.05, 0) is 39.0 Å². The van der Waals surface area contributed by atoms with Gasteiger partial charge in [0, 0.05) is 12.1 Å². The summed E-state index contributed by atoms with van der Waals surface area (Å²) in [6.45, 7) is 5.80. The summed E-state index contributed by atoms with van der Waals surface area (Å²) in [4.78, 5) is 25.2. The third kappa shape index (κ3) is 3.87. The number of rotatable bonds is 5. The van der Waals surface area contributed by atoms with E-state index in [1.54, 1.807) is 0 Å². The monoisotopic (exact) mass is 296 g/mol. The highest BCUT2D eigenvalue weighted by molar-refractivity contribution is 5.96. The Bertz CT molecular complexity index is 362. The van der Waals surface area contributed by atoms with E-state index in [0.717, 1.165) is 6.42 Å². The standard InChI is InChI=1S/C15H28N4O2/c1-4-12(11-8-6-5-7-9-11)16-13-17-14(20)19(10(2)3)15(21)18-13/h10-13,16H,4-9H2,1-3H3,(H,17,20)(H,18,21)/t12-/m0/s1. The number of carbonyl (C=O) groups is 2. The van der Waals surface area contributed by atoms with Gasteiger partial charge in [0.1, 0.15) is 0 Å². The Hall–Kier alpha value is -1.30. The van der Waals surface area contributed by atoms with Crippen molar-refractivity contribution in [3.8, 4) is 0 Å². The molecule has 0 bridgehead atoms. The quantitative estimate of drug-likeness (QED) is 0.729. The molecule has 2 fully saturated rings. The molecule has 0 radical (unpaired) electrons. The van der Waals surface area contributed by atoms with Crippen LogP contribution < -0.4 is 16.0 Å². The Morgan fingerprint density at radius 2 is 1.71 bits per heavy atom. The van der Waals surface area contributed by atoms with Crippen molar-refractivity contribution in [3.05, 3.63) is 0 Å². The second-order valence-electron chi connectivity index (χ2n) is 6.38. The average molecular weight is 296 g/mol. The van der Waals surface area contributed by atoms with Crippen molar-refractivity contribution in [1.82, 2.24) is 20.9 Å². The molecule has 21 heavy (non-hydrogen) atoms. The van der Waals surface area contributed by atoms with E-state index in [4.69, 9.17) is 0 Å². The second kappa shape index (κ2) is 7.11. The van der Waals surface area contributed by atoms with Gasteiger partial charge in [0.2, 0.25) is 0 Å². The van der Waals surface area contributed by atoms with Crippen molar-refractivity contribution in [1.29, 1.82) is 0 Å². The zero-order chi connectivity index (χ0) is 15.4. The number of nitrogens with zero attached hydrogens (tertiary/aromatic N) is 1. The van der Waals surface area contributed by atoms with Crippen LogP contribution in [0.3, 0.4) is 0 Å². The van der Waals surface area contributed by atoms with E-state index >= 15 is 0 Å². The minimum Gasteiger partial charge on any atom is -0.305 e. The second-order valence-corrected chi connectivity index (χ2v) is 6.38. The van der Waals surface area contributed by atoms with Crippen molar-refractivity contribution in [2.45, 2.75) is 77.7 Å². The summed E-state index contributed by atoms with van der Waals surface area (Å²) in [5.74, 6) is 0.640. The van der Waals surface area contributed by atoms with E-state index in [9.17, 15) is 9.59 Å². The Morgan fingerprint density at radius 3 is 2.19 bits per heavy atom. The maximum Gasteiger partial charge on any atom is 0.328 e. The summed E-state index contributed by atoms with van der Waals surface area (Å²) >= 11 is 0. The predicted molar refractivity (Wildman–Crippen MR) is 81.6 cm³/mol. The smallest absolute Gasteiger partial charge is 0.305 e. The van der Waals surface area contributed by atoms with Crippen LogP contribution in [-0.2, 0) is 0 Å². The van der Waals surface area contributed by atoms with E-state index in [0.29, 0.717) is 12.0 Å². The van der Waals surface area contributed by atoms with Gasteiger partial charge in [0.25, 0.3) is 0 Å². The molecule has 2 aliphatic rings. The van der Waals surface area contributed by atoms with E-state index in [1.165, 1.54) is 37.0 Å². The molecule has 2 rings (SSSR count). The maximum absolute atomic E-state index is 12.0. The molecule has 0 spiro atoms. The lowest BCUT2D eigenvalue weighted by atomic mass is 9.83. The molecule has 120 valence electrons. The molecule has 1 saturated heterocycles. The first-order valence-electron chi connectivity index (χ1n) is 8.19. The molecule has 1 heterocycles. The number of imide groups is 1. The van der Waals surface area contributed by atoms with Gasteiger partial charge in [-0.15, -0.1) is 0 Å². The third-order valence-corrected chi connectivity index (χ3v) is 4.53. The van der Waals surface area contributed by atoms with Crippen molar-refractivity contribution in [2.75, 3.05) is 0 Å². The van der Waals surface area contributed by atoms with E-state index in [1.807, 2.05) is 13.8 Å². The molecule has 1 saturated carbocycles. The highest BCUT2D eigenvalue weighted by Crippen LogP contribution is 2.27. The lowest BCUT2D eigenvalue weighted by Gasteiger charge is -2.38. The van der Waals surface area contributed by atoms with Crippen LogP contribution in [0.25, 0.3) is 0 Å².